The third-order valence-corrected chi connectivity index (χ3v) is 7.41. The summed E-state index contributed by atoms with van der Waals surface area (Å²) in [7, 11) is -3.39. The number of sulfonamides is 1. The fourth-order valence-corrected chi connectivity index (χ4v) is 6.21. The molecular weight excluding hydrogens is 348 g/mol. The van der Waals surface area contributed by atoms with Crippen molar-refractivity contribution >= 4 is 37.3 Å². The van der Waals surface area contributed by atoms with Crippen molar-refractivity contribution in [2.75, 3.05) is 6.54 Å². The van der Waals surface area contributed by atoms with E-state index in [1.807, 2.05) is 0 Å². The third-order valence-electron chi connectivity index (χ3n) is 3.18. The minimum absolute atomic E-state index is 0.199. The van der Waals surface area contributed by atoms with Gasteiger partial charge >= 0.3 is 0 Å². The van der Waals surface area contributed by atoms with Crippen molar-refractivity contribution in [1.29, 1.82) is 0 Å². The molecule has 0 bridgehead atoms. The Hall–Kier alpha value is 0.0500. The average molecular weight is 367 g/mol. The van der Waals surface area contributed by atoms with Gasteiger partial charge in [0.25, 0.3) is 0 Å². The molecule has 1 fully saturated rings. The summed E-state index contributed by atoms with van der Waals surface area (Å²) in [4.78, 5) is 1.26. The Bertz CT molecular complexity index is 538. The largest absolute Gasteiger partial charge is 0.326 e. The molecule has 2 N–H and O–H groups in total. The quantitative estimate of drug-likeness (QED) is 0.806. The second kappa shape index (κ2) is 6.22. The van der Waals surface area contributed by atoms with Gasteiger partial charge < -0.3 is 5.73 Å². The first-order valence-electron chi connectivity index (χ1n) is 6.50. The lowest BCUT2D eigenvalue weighted by molar-refractivity contribution is 0.395. The van der Waals surface area contributed by atoms with E-state index in [1.54, 1.807) is 10.4 Å². The van der Waals surface area contributed by atoms with Crippen LogP contribution in [0.25, 0.3) is 0 Å². The summed E-state index contributed by atoms with van der Waals surface area (Å²) < 4.78 is 27.8. The maximum Gasteiger partial charge on any atom is 0.245 e. The first kappa shape index (κ1) is 15.4. The van der Waals surface area contributed by atoms with Crippen LogP contribution in [0.3, 0.4) is 0 Å². The summed E-state index contributed by atoms with van der Waals surface area (Å²) in [5.74, 6) is 0. The van der Waals surface area contributed by atoms with Gasteiger partial charge in [0.05, 0.1) is 3.79 Å². The third kappa shape index (κ3) is 3.39. The Kier molecular flexibility index (Phi) is 5.05. The van der Waals surface area contributed by atoms with Gasteiger partial charge in [0.1, 0.15) is 4.90 Å². The molecule has 0 aromatic carbocycles. The van der Waals surface area contributed by atoms with Gasteiger partial charge in [-0.05, 0) is 41.3 Å². The summed E-state index contributed by atoms with van der Waals surface area (Å²) in [5, 5.41) is 0. The highest BCUT2D eigenvalue weighted by Gasteiger charge is 2.38. The Morgan fingerprint density at radius 2 is 2.21 bits per heavy atom. The fraction of sp³-hybridized carbons (Fsp3) is 0.667. The van der Waals surface area contributed by atoms with Crippen LogP contribution in [-0.2, 0) is 16.6 Å². The zero-order valence-electron chi connectivity index (χ0n) is 10.9. The van der Waals surface area contributed by atoms with Gasteiger partial charge in [-0.25, -0.2) is 8.42 Å². The van der Waals surface area contributed by atoms with E-state index in [1.165, 1.54) is 11.3 Å². The number of nitrogens with two attached hydrogens (primary N) is 1. The monoisotopic (exact) mass is 366 g/mol. The minimum atomic E-state index is -3.39. The van der Waals surface area contributed by atoms with Crippen LogP contribution in [0.2, 0.25) is 0 Å². The number of hydrogen-bond acceptors (Lipinski definition) is 4. The van der Waals surface area contributed by atoms with Gasteiger partial charge in [-0.1, -0.05) is 13.3 Å². The maximum atomic E-state index is 12.7. The molecule has 2 rings (SSSR count). The van der Waals surface area contributed by atoms with Crippen molar-refractivity contribution in [2.24, 2.45) is 5.73 Å². The molecule has 19 heavy (non-hydrogen) atoms. The van der Waals surface area contributed by atoms with Crippen LogP contribution < -0.4 is 5.73 Å². The predicted octanol–water partition coefficient (Wildman–Crippen LogP) is 2.92. The zero-order valence-corrected chi connectivity index (χ0v) is 14.2. The SMILES string of the molecule is CCCCN(C1CC1)S(=O)(=O)c1cc(CN)sc1Br. The predicted molar refractivity (Wildman–Crippen MR) is 81.7 cm³/mol. The molecule has 0 radical (unpaired) electrons. The molecule has 1 aromatic heterocycles. The van der Waals surface area contributed by atoms with E-state index in [4.69, 9.17) is 5.73 Å². The summed E-state index contributed by atoms with van der Waals surface area (Å²) in [6.45, 7) is 3.06. The second-order valence-corrected chi connectivity index (χ2v) is 9.07. The van der Waals surface area contributed by atoms with Crippen LogP contribution in [-0.4, -0.2) is 25.3 Å². The number of hydrogen-bond donors (Lipinski definition) is 1. The van der Waals surface area contributed by atoms with Crippen molar-refractivity contribution < 1.29 is 8.42 Å². The van der Waals surface area contributed by atoms with Gasteiger partial charge in [0.2, 0.25) is 10.0 Å². The summed E-state index contributed by atoms with van der Waals surface area (Å²) in [5.41, 5.74) is 5.58. The van der Waals surface area contributed by atoms with E-state index in [9.17, 15) is 8.42 Å². The van der Waals surface area contributed by atoms with Crippen molar-refractivity contribution in [3.63, 3.8) is 0 Å². The maximum absolute atomic E-state index is 12.7. The van der Waals surface area contributed by atoms with E-state index in [0.29, 0.717) is 21.8 Å². The highest BCUT2D eigenvalue weighted by Crippen LogP contribution is 2.38. The lowest BCUT2D eigenvalue weighted by atomic mass is 10.3. The molecule has 0 aliphatic heterocycles. The van der Waals surface area contributed by atoms with Gasteiger partial charge in [0.15, 0.2) is 0 Å². The summed E-state index contributed by atoms with van der Waals surface area (Å²) >= 11 is 4.76. The van der Waals surface area contributed by atoms with Crippen molar-refractivity contribution in [3.8, 4) is 0 Å². The molecule has 108 valence electrons. The van der Waals surface area contributed by atoms with E-state index in [0.717, 1.165) is 30.6 Å². The highest BCUT2D eigenvalue weighted by molar-refractivity contribution is 9.11. The Labute approximate surface area is 127 Å². The number of nitrogens with zero attached hydrogens (tertiary/aromatic N) is 1. The molecule has 4 nitrogen and oxygen atoms in total. The van der Waals surface area contributed by atoms with Gasteiger partial charge in [-0.2, -0.15) is 4.31 Å². The van der Waals surface area contributed by atoms with Crippen LogP contribution in [0, 0.1) is 0 Å². The van der Waals surface area contributed by atoms with E-state index < -0.39 is 10.0 Å². The zero-order chi connectivity index (χ0) is 14.0. The first-order valence-corrected chi connectivity index (χ1v) is 9.55. The van der Waals surface area contributed by atoms with E-state index in [-0.39, 0.29) is 6.04 Å². The van der Waals surface area contributed by atoms with E-state index >= 15 is 0 Å². The van der Waals surface area contributed by atoms with Crippen LogP contribution in [0.4, 0.5) is 0 Å². The summed E-state index contributed by atoms with van der Waals surface area (Å²) in [6.07, 6.45) is 3.86. The Morgan fingerprint density at radius 1 is 1.53 bits per heavy atom. The molecule has 0 saturated heterocycles. The van der Waals surface area contributed by atoms with Crippen molar-refractivity contribution in [1.82, 2.24) is 4.31 Å². The number of rotatable bonds is 7. The molecular formula is C12H19BrN2O2S2. The molecule has 0 amide bonds. The first-order chi connectivity index (χ1) is 9.00. The molecule has 1 aromatic rings. The smallest absolute Gasteiger partial charge is 0.245 e. The topological polar surface area (TPSA) is 63.4 Å². The van der Waals surface area contributed by atoms with Crippen LogP contribution in [0.5, 0.6) is 0 Å². The number of unbranched alkanes of at least 4 members (excludes halogenated alkanes) is 1. The van der Waals surface area contributed by atoms with E-state index in [2.05, 4.69) is 22.9 Å². The molecule has 7 heteroatoms. The number of thiophene rings is 1. The molecule has 0 unspecified atom stereocenters. The van der Waals surface area contributed by atoms with Crippen molar-refractivity contribution in [2.45, 2.75) is 50.1 Å². The van der Waals surface area contributed by atoms with Crippen LogP contribution in [0.15, 0.2) is 14.7 Å². The fourth-order valence-electron chi connectivity index (χ4n) is 1.98. The molecule has 0 spiro atoms. The molecule has 0 atom stereocenters. The molecule has 1 heterocycles. The summed E-state index contributed by atoms with van der Waals surface area (Å²) in [6, 6.07) is 1.90. The van der Waals surface area contributed by atoms with Gasteiger partial charge in [0, 0.05) is 24.0 Å². The van der Waals surface area contributed by atoms with Gasteiger partial charge in [-0.15, -0.1) is 11.3 Å². The van der Waals surface area contributed by atoms with Gasteiger partial charge in [-0.3, -0.25) is 0 Å². The van der Waals surface area contributed by atoms with Crippen molar-refractivity contribution in [3.05, 3.63) is 14.7 Å². The van der Waals surface area contributed by atoms with Crippen LogP contribution >= 0.6 is 27.3 Å². The Morgan fingerprint density at radius 3 is 2.68 bits per heavy atom. The number of halogens is 1. The second-order valence-electron chi connectivity index (χ2n) is 4.76. The lowest BCUT2D eigenvalue weighted by Gasteiger charge is -2.21. The van der Waals surface area contributed by atoms with Crippen LogP contribution in [0.1, 0.15) is 37.5 Å². The normalized spacial score (nSPS) is 16.2. The highest BCUT2D eigenvalue weighted by atomic mass is 79.9. The average Bonchev–Trinajstić information content (AvgIpc) is 3.11. The Balaban J connectivity index is 2.30. The molecule has 1 aliphatic carbocycles. The minimum Gasteiger partial charge on any atom is -0.326 e. The lowest BCUT2D eigenvalue weighted by Crippen LogP contribution is -2.34. The molecule has 1 aliphatic rings. The molecule has 1 saturated carbocycles. The standard InChI is InChI=1S/C12H19BrN2O2S2/c1-2-3-6-15(9-4-5-9)19(16,17)11-7-10(8-14)18-12(11)13/h7,9H,2-6,8,14H2,1H3.